The lowest BCUT2D eigenvalue weighted by atomic mass is 9.93. The van der Waals surface area contributed by atoms with Crippen molar-refractivity contribution in [2.45, 2.75) is 104 Å². The van der Waals surface area contributed by atoms with Crippen molar-refractivity contribution in [3.8, 4) is 22.6 Å². The number of nitrogens with one attached hydrogen (secondary N) is 1. The monoisotopic (exact) mass is 970 g/mol. The number of ether oxygens (including phenoxy) is 3. The Morgan fingerprint density at radius 2 is 1.61 bits per heavy atom. The first kappa shape index (κ1) is 49.9. The molecule has 0 bridgehead atoms. The van der Waals surface area contributed by atoms with Crippen molar-refractivity contribution in [2.24, 2.45) is 13.0 Å². The van der Waals surface area contributed by atoms with Crippen LogP contribution in [0.2, 0.25) is 5.02 Å². The molecule has 0 saturated carbocycles. The molecule has 15 heteroatoms. The normalized spacial score (nSPS) is 16.3. The SMILES string of the molecule is COC(C)(C)C.Cc1nn(C)c(C)c1-c1c(Cl)ccc2c(CCCOc3cccc4ccccc34)c(C=O)n(CCC3CCN(C(=O)COc4cccc5c4CN(C4CCC(=O)NC4=O)C5=O)CC3)c12. The van der Waals surface area contributed by atoms with Gasteiger partial charge in [-0.2, -0.15) is 5.10 Å². The first-order valence-electron chi connectivity index (χ1n) is 24.2. The molecule has 3 aliphatic rings. The number of carbonyl (C=O) groups excluding carboxylic acids is 5. The van der Waals surface area contributed by atoms with Crippen LogP contribution in [0, 0.1) is 19.8 Å². The van der Waals surface area contributed by atoms with E-state index in [9.17, 15) is 24.0 Å². The van der Waals surface area contributed by atoms with E-state index in [1.165, 1.54) is 4.90 Å². The van der Waals surface area contributed by atoms with Gasteiger partial charge in [-0.15, -0.1) is 0 Å². The van der Waals surface area contributed by atoms with Crippen LogP contribution >= 0.6 is 11.6 Å². The second-order valence-electron chi connectivity index (χ2n) is 19.5. The van der Waals surface area contributed by atoms with Gasteiger partial charge in [0.15, 0.2) is 12.9 Å². The summed E-state index contributed by atoms with van der Waals surface area (Å²) in [4.78, 5) is 67.6. The van der Waals surface area contributed by atoms with Crippen LogP contribution in [0.5, 0.6) is 11.5 Å². The van der Waals surface area contributed by atoms with Crippen LogP contribution in [0.1, 0.15) is 103 Å². The number of rotatable bonds is 14. The second-order valence-corrected chi connectivity index (χ2v) is 19.9. The maximum atomic E-state index is 13.5. The molecule has 5 heterocycles. The van der Waals surface area contributed by atoms with Crippen LogP contribution in [-0.4, -0.2) is 99.1 Å². The number of aldehydes is 1. The Labute approximate surface area is 414 Å². The number of halogens is 1. The lowest BCUT2D eigenvalue weighted by Crippen LogP contribution is -2.52. The summed E-state index contributed by atoms with van der Waals surface area (Å²) in [5, 5.41) is 10.8. The van der Waals surface area contributed by atoms with Gasteiger partial charge in [-0.25, -0.2) is 0 Å². The third-order valence-electron chi connectivity index (χ3n) is 14.0. The topological polar surface area (TPSA) is 154 Å². The Hall–Kier alpha value is -6.51. The quantitative estimate of drug-likeness (QED) is 0.0640. The van der Waals surface area contributed by atoms with Crippen molar-refractivity contribution in [2.75, 3.05) is 33.4 Å². The number of nitrogens with zero attached hydrogens (tertiary/aromatic N) is 5. The molecule has 9 rings (SSSR count). The predicted molar refractivity (Wildman–Crippen MR) is 270 cm³/mol. The molecule has 70 heavy (non-hydrogen) atoms. The third-order valence-corrected chi connectivity index (χ3v) is 14.3. The number of amides is 4. The van der Waals surface area contributed by atoms with Gasteiger partial charge in [0.1, 0.15) is 17.5 Å². The summed E-state index contributed by atoms with van der Waals surface area (Å²) in [6, 6.07) is 22.6. The highest BCUT2D eigenvalue weighted by Crippen LogP contribution is 2.42. The molecular formula is C55H63ClN6O8. The third kappa shape index (κ3) is 10.5. The second kappa shape index (κ2) is 21.2. The molecule has 14 nitrogen and oxygen atoms in total. The number of fused-ring (bicyclic) bond motifs is 3. The Morgan fingerprint density at radius 3 is 2.31 bits per heavy atom. The van der Waals surface area contributed by atoms with Crippen LogP contribution in [0.15, 0.2) is 72.8 Å². The highest BCUT2D eigenvalue weighted by Gasteiger charge is 2.40. The molecule has 0 radical (unpaired) electrons. The number of hydrogen-bond acceptors (Lipinski definition) is 9. The summed E-state index contributed by atoms with van der Waals surface area (Å²) in [6.45, 7) is 12.3. The zero-order valence-electron chi connectivity index (χ0n) is 41.2. The molecule has 1 atom stereocenters. The van der Waals surface area contributed by atoms with E-state index in [1.807, 2.05) is 87.6 Å². The van der Waals surface area contributed by atoms with Crippen LogP contribution in [-0.2, 0) is 45.7 Å². The molecule has 1 unspecified atom stereocenters. The standard InChI is InChI=1S/C50H51ClN6O7.C5H12O/c1-30-46(31(2)54(3)53-30)47-39(51)17-16-36-35(13-8-26-63-42-14-6-10-33-9-4-5-11-34(33)42)41(28-58)56(48(36)47)25-22-32-20-23-55(24-21-32)45(60)29-64-43-15-7-12-37-38(43)27-57(50(37)62)40-18-19-44(59)52-49(40)61;1-5(2,3)6-4/h4-7,9-12,14-17,28,32,40H,8,13,18-27,29H2,1-3H3,(H,52,59,61);1-4H3. The van der Waals surface area contributed by atoms with Gasteiger partial charge in [0.25, 0.3) is 11.8 Å². The molecule has 2 aromatic heterocycles. The Kier molecular flexibility index (Phi) is 15.1. The first-order valence-corrected chi connectivity index (χ1v) is 24.6. The minimum atomic E-state index is -0.738. The summed E-state index contributed by atoms with van der Waals surface area (Å²) < 4.78 is 21.3. The Balaban J connectivity index is 0.00000103. The molecule has 4 amide bonds. The highest BCUT2D eigenvalue weighted by molar-refractivity contribution is 6.35. The molecule has 4 aromatic carbocycles. The van der Waals surface area contributed by atoms with Crippen LogP contribution in [0.25, 0.3) is 32.8 Å². The summed E-state index contributed by atoms with van der Waals surface area (Å²) in [6.07, 6.45) is 5.14. The van der Waals surface area contributed by atoms with Gasteiger partial charge in [0, 0.05) is 78.9 Å². The molecule has 2 saturated heterocycles. The fraction of sp³-hybridized carbons (Fsp3) is 0.418. The van der Waals surface area contributed by atoms with E-state index in [4.69, 9.17) is 30.9 Å². The van der Waals surface area contributed by atoms with E-state index in [0.29, 0.717) is 72.6 Å². The maximum absolute atomic E-state index is 13.5. The molecule has 6 aromatic rings. The summed E-state index contributed by atoms with van der Waals surface area (Å²) >= 11 is 7.10. The van der Waals surface area contributed by atoms with Gasteiger partial charge < -0.3 is 28.6 Å². The highest BCUT2D eigenvalue weighted by atomic mass is 35.5. The maximum Gasteiger partial charge on any atom is 0.260 e. The van der Waals surface area contributed by atoms with Gasteiger partial charge in [-0.1, -0.05) is 60.1 Å². The average Bonchev–Trinajstić information content (AvgIpc) is 3.94. The summed E-state index contributed by atoms with van der Waals surface area (Å²) in [7, 11) is 3.63. The van der Waals surface area contributed by atoms with Gasteiger partial charge >= 0.3 is 0 Å². The lowest BCUT2D eigenvalue weighted by Gasteiger charge is -2.32. The minimum absolute atomic E-state index is 0.0417. The number of aromatic nitrogens is 3. The number of likely N-dealkylation sites (tertiary alicyclic amines) is 1. The zero-order valence-corrected chi connectivity index (χ0v) is 42.0. The first-order chi connectivity index (χ1) is 33.6. The van der Waals surface area contributed by atoms with Crippen LogP contribution < -0.4 is 14.8 Å². The minimum Gasteiger partial charge on any atom is -0.493 e. The van der Waals surface area contributed by atoms with E-state index >= 15 is 0 Å². The average molecular weight is 972 g/mol. The number of carbonyl (C=O) groups is 5. The molecular weight excluding hydrogens is 908 g/mol. The molecule has 368 valence electrons. The van der Waals surface area contributed by atoms with E-state index < -0.39 is 11.9 Å². The van der Waals surface area contributed by atoms with Gasteiger partial charge in [0.05, 0.1) is 40.7 Å². The number of benzene rings is 4. The number of methoxy groups -OCH3 is 1. The molecule has 3 aliphatic heterocycles. The number of hydrogen-bond donors (Lipinski definition) is 1. The zero-order chi connectivity index (χ0) is 49.9. The Morgan fingerprint density at radius 1 is 0.900 bits per heavy atom. The fourth-order valence-corrected chi connectivity index (χ4v) is 10.2. The number of piperidine rings is 2. The summed E-state index contributed by atoms with van der Waals surface area (Å²) in [5.41, 5.74) is 7.33. The van der Waals surface area contributed by atoms with Gasteiger partial charge in [-0.3, -0.25) is 34.0 Å². The fourth-order valence-electron chi connectivity index (χ4n) is 9.97. The predicted octanol–water partition coefficient (Wildman–Crippen LogP) is 9.19. The molecule has 0 aliphatic carbocycles. The Bertz CT molecular complexity index is 2960. The van der Waals surface area contributed by atoms with Gasteiger partial charge in [0.2, 0.25) is 11.8 Å². The van der Waals surface area contributed by atoms with E-state index in [1.54, 1.807) is 25.3 Å². The van der Waals surface area contributed by atoms with E-state index in [0.717, 1.165) is 81.1 Å². The molecule has 1 N–H and O–H groups in total. The van der Waals surface area contributed by atoms with Crippen LogP contribution in [0.4, 0.5) is 0 Å². The van der Waals surface area contributed by atoms with Crippen molar-refractivity contribution in [1.82, 2.24) is 29.5 Å². The van der Waals surface area contributed by atoms with Crippen molar-refractivity contribution in [1.29, 1.82) is 0 Å². The largest absolute Gasteiger partial charge is 0.493 e. The lowest BCUT2D eigenvalue weighted by molar-refractivity contribution is -0.137. The van der Waals surface area contributed by atoms with Crippen LogP contribution in [0.3, 0.4) is 0 Å². The van der Waals surface area contributed by atoms with Crippen molar-refractivity contribution in [3.63, 3.8) is 0 Å². The molecule has 2 fully saturated rings. The van der Waals surface area contributed by atoms with Gasteiger partial charge in [-0.05, 0) is 114 Å². The summed E-state index contributed by atoms with van der Waals surface area (Å²) in [5.74, 6) is 0.323. The van der Waals surface area contributed by atoms with Crippen molar-refractivity contribution in [3.05, 3.63) is 112 Å². The van der Waals surface area contributed by atoms with E-state index in [-0.39, 0.29) is 49.3 Å². The smallest absolute Gasteiger partial charge is 0.260 e. The number of imide groups is 1. The van der Waals surface area contributed by atoms with Crippen molar-refractivity contribution < 1.29 is 38.2 Å². The van der Waals surface area contributed by atoms with Crippen molar-refractivity contribution >= 4 is 63.2 Å². The number of aryl methyl sites for hydroxylation is 4. The van der Waals surface area contributed by atoms with E-state index in [2.05, 4.69) is 28.1 Å². The molecule has 0 spiro atoms.